The summed E-state index contributed by atoms with van der Waals surface area (Å²) in [5.74, 6) is 0.0545. The summed E-state index contributed by atoms with van der Waals surface area (Å²) < 4.78 is 0.807. The van der Waals surface area contributed by atoms with Gasteiger partial charge < -0.3 is 11.1 Å². The molecule has 1 aromatic heterocycles. The average Bonchev–Trinajstić information content (AvgIpc) is 2.78. The highest BCUT2D eigenvalue weighted by Crippen LogP contribution is 2.31. The molecule has 1 fully saturated rings. The first-order chi connectivity index (χ1) is 9.10. The molecule has 2 rings (SSSR count). The minimum absolute atomic E-state index is 0.0545. The Kier molecular flexibility index (Phi) is 5.21. The van der Waals surface area contributed by atoms with Gasteiger partial charge in [-0.3, -0.25) is 9.69 Å². The van der Waals surface area contributed by atoms with Gasteiger partial charge in [-0.15, -0.1) is 11.3 Å². The minimum atomic E-state index is 0.0545. The van der Waals surface area contributed by atoms with Crippen LogP contribution in [0.3, 0.4) is 0 Å². The van der Waals surface area contributed by atoms with Gasteiger partial charge in [0.1, 0.15) is 0 Å². The lowest BCUT2D eigenvalue weighted by Gasteiger charge is -2.36. The van der Waals surface area contributed by atoms with E-state index in [4.69, 9.17) is 17.3 Å². The van der Waals surface area contributed by atoms with Crippen LogP contribution in [-0.4, -0.2) is 36.5 Å². The minimum Gasteiger partial charge on any atom is -0.354 e. The standard InChI is InChI=1S/C13H20ClN3OS/c1-9(18)16-10-4-6-17(7-5-10)11(8-15)12-2-3-13(14)19-12/h2-3,10-11H,4-8,15H2,1H3,(H,16,18). The monoisotopic (exact) mass is 301 g/mol. The highest BCUT2D eigenvalue weighted by atomic mass is 35.5. The molecule has 0 aliphatic carbocycles. The maximum absolute atomic E-state index is 11.1. The van der Waals surface area contributed by atoms with Gasteiger partial charge in [0.15, 0.2) is 0 Å². The normalized spacial score (nSPS) is 19.3. The Bertz CT molecular complexity index is 429. The fourth-order valence-corrected chi connectivity index (χ4v) is 3.80. The lowest BCUT2D eigenvalue weighted by Crippen LogP contribution is -2.46. The first-order valence-electron chi connectivity index (χ1n) is 6.56. The van der Waals surface area contributed by atoms with Gasteiger partial charge in [0.05, 0.1) is 10.4 Å². The molecule has 1 aliphatic heterocycles. The number of hydrogen-bond acceptors (Lipinski definition) is 4. The van der Waals surface area contributed by atoms with Crippen LogP contribution in [0, 0.1) is 0 Å². The Balaban J connectivity index is 1.93. The number of rotatable bonds is 4. The molecule has 19 heavy (non-hydrogen) atoms. The predicted molar refractivity (Wildman–Crippen MR) is 79.5 cm³/mol. The number of hydrogen-bond donors (Lipinski definition) is 2. The van der Waals surface area contributed by atoms with E-state index in [-0.39, 0.29) is 11.9 Å². The van der Waals surface area contributed by atoms with Crippen LogP contribution in [0.1, 0.15) is 30.7 Å². The fraction of sp³-hybridized carbons (Fsp3) is 0.615. The second kappa shape index (κ2) is 6.70. The second-order valence-corrected chi connectivity index (χ2v) is 6.65. The van der Waals surface area contributed by atoms with E-state index < -0.39 is 0 Å². The smallest absolute Gasteiger partial charge is 0.217 e. The number of piperidine rings is 1. The zero-order chi connectivity index (χ0) is 13.8. The number of carbonyl (C=O) groups excluding carboxylic acids is 1. The fourth-order valence-electron chi connectivity index (χ4n) is 2.60. The van der Waals surface area contributed by atoms with E-state index in [0.29, 0.717) is 12.6 Å². The van der Waals surface area contributed by atoms with Gasteiger partial charge in [0.25, 0.3) is 0 Å². The molecule has 0 spiro atoms. The predicted octanol–water partition coefficient (Wildman–Crippen LogP) is 2.00. The lowest BCUT2D eigenvalue weighted by atomic mass is 10.0. The molecule has 1 aromatic rings. The Hall–Kier alpha value is -0.620. The summed E-state index contributed by atoms with van der Waals surface area (Å²) in [6, 6.07) is 4.54. The first kappa shape index (κ1) is 14.8. The van der Waals surface area contributed by atoms with Gasteiger partial charge in [-0.05, 0) is 25.0 Å². The molecule has 6 heteroatoms. The van der Waals surface area contributed by atoms with Crippen molar-refractivity contribution in [1.82, 2.24) is 10.2 Å². The second-order valence-electron chi connectivity index (χ2n) is 4.90. The van der Waals surface area contributed by atoms with E-state index in [1.165, 1.54) is 4.88 Å². The number of halogens is 1. The SMILES string of the molecule is CC(=O)NC1CCN(C(CN)c2ccc(Cl)s2)CC1. The summed E-state index contributed by atoms with van der Waals surface area (Å²) in [6.07, 6.45) is 1.96. The number of nitrogens with zero attached hydrogens (tertiary/aromatic N) is 1. The maximum Gasteiger partial charge on any atom is 0.217 e. The van der Waals surface area contributed by atoms with Gasteiger partial charge >= 0.3 is 0 Å². The van der Waals surface area contributed by atoms with Crippen molar-refractivity contribution in [1.29, 1.82) is 0 Å². The van der Waals surface area contributed by atoms with Crippen LogP contribution < -0.4 is 11.1 Å². The van der Waals surface area contributed by atoms with E-state index in [1.54, 1.807) is 18.3 Å². The van der Waals surface area contributed by atoms with Crippen molar-refractivity contribution >= 4 is 28.8 Å². The van der Waals surface area contributed by atoms with Crippen molar-refractivity contribution in [3.63, 3.8) is 0 Å². The number of thiophene rings is 1. The number of amides is 1. The summed E-state index contributed by atoms with van der Waals surface area (Å²) in [7, 11) is 0. The molecule has 3 N–H and O–H groups in total. The van der Waals surface area contributed by atoms with Crippen molar-refractivity contribution in [3.8, 4) is 0 Å². The van der Waals surface area contributed by atoms with Gasteiger partial charge in [-0.1, -0.05) is 11.6 Å². The summed E-state index contributed by atoms with van der Waals surface area (Å²) in [6.45, 7) is 4.09. The Morgan fingerprint density at radius 1 is 1.58 bits per heavy atom. The van der Waals surface area contributed by atoms with Crippen LogP contribution >= 0.6 is 22.9 Å². The van der Waals surface area contributed by atoms with Crippen molar-refractivity contribution in [2.24, 2.45) is 5.73 Å². The molecule has 2 heterocycles. The van der Waals surface area contributed by atoms with E-state index in [9.17, 15) is 4.79 Å². The maximum atomic E-state index is 11.1. The molecule has 0 bridgehead atoms. The third-order valence-electron chi connectivity index (χ3n) is 3.52. The van der Waals surface area contributed by atoms with Crippen molar-refractivity contribution in [2.75, 3.05) is 19.6 Å². The van der Waals surface area contributed by atoms with Crippen LogP contribution in [0.4, 0.5) is 0 Å². The Morgan fingerprint density at radius 2 is 2.26 bits per heavy atom. The number of likely N-dealkylation sites (tertiary alicyclic amines) is 1. The summed E-state index contributed by atoms with van der Waals surface area (Å²) in [4.78, 5) is 14.7. The van der Waals surface area contributed by atoms with Gasteiger partial charge in [-0.2, -0.15) is 0 Å². The zero-order valence-corrected chi connectivity index (χ0v) is 12.6. The van der Waals surface area contributed by atoms with Crippen molar-refractivity contribution in [2.45, 2.75) is 31.8 Å². The Labute approximate surface area is 122 Å². The molecule has 1 saturated heterocycles. The highest BCUT2D eigenvalue weighted by molar-refractivity contribution is 7.16. The molecule has 1 unspecified atom stereocenters. The summed E-state index contributed by atoms with van der Waals surface area (Å²) in [5, 5.41) is 2.99. The van der Waals surface area contributed by atoms with E-state index >= 15 is 0 Å². The molecule has 106 valence electrons. The largest absolute Gasteiger partial charge is 0.354 e. The third-order valence-corrected chi connectivity index (χ3v) is 4.86. The Morgan fingerprint density at radius 3 is 2.74 bits per heavy atom. The van der Waals surface area contributed by atoms with E-state index in [1.807, 2.05) is 6.07 Å². The molecule has 1 aliphatic rings. The van der Waals surface area contributed by atoms with Crippen molar-refractivity contribution in [3.05, 3.63) is 21.3 Å². The number of nitrogens with one attached hydrogen (secondary N) is 1. The quantitative estimate of drug-likeness (QED) is 0.894. The molecular formula is C13H20ClN3OS. The average molecular weight is 302 g/mol. The molecule has 0 radical (unpaired) electrons. The lowest BCUT2D eigenvalue weighted by molar-refractivity contribution is -0.120. The van der Waals surface area contributed by atoms with Gasteiger partial charge in [0.2, 0.25) is 5.91 Å². The third kappa shape index (κ3) is 3.92. The molecule has 0 saturated carbocycles. The van der Waals surface area contributed by atoms with Crippen LogP contribution in [0.15, 0.2) is 12.1 Å². The number of carbonyl (C=O) groups is 1. The zero-order valence-electron chi connectivity index (χ0n) is 11.1. The van der Waals surface area contributed by atoms with E-state index in [2.05, 4.69) is 16.3 Å². The molecule has 1 amide bonds. The summed E-state index contributed by atoms with van der Waals surface area (Å²) in [5.41, 5.74) is 5.91. The molecule has 4 nitrogen and oxygen atoms in total. The number of nitrogens with two attached hydrogens (primary N) is 1. The summed E-state index contributed by atoms with van der Waals surface area (Å²) >= 11 is 7.59. The highest BCUT2D eigenvalue weighted by Gasteiger charge is 2.26. The van der Waals surface area contributed by atoms with Gasteiger partial charge in [-0.25, -0.2) is 0 Å². The van der Waals surface area contributed by atoms with Gasteiger partial charge in [0, 0.05) is 37.5 Å². The van der Waals surface area contributed by atoms with Crippen LogP contribution in [0.25, 0.3) is 0 Å². The van der Waals surface area contributed by atoms with Crippen LogP contribution in [0.5, 0.6) is 0 Å². The van der Waals surface area contributed by atoms with Crippen molar-refractivity contribution < 1.29 is 4.79 Å². The van der Waals surface area contributed by atoms with Crippen LogP contribution in [-0.2, 0) is 4.79 Å². The molecular weight excluding hydrogens is 282 g/mol. The van der Waals surface area contributed by atoms with E-state index in [0.717, 1.165) is 30.3 Å². The van der Waals surface area contributed by atoms with Crippen LogP contribution in [0.2, 0.25) is 4.34 Å². The first-order valence-corrected chi connectivity index (χ1v) is 7.76. The molecule has 0 aromatic carbocycles. The topological polar surface area (TPSA) is 58.4 Å². The molecule has 1 atom stereocenters.